The molecule has 4 nitrogen and oxygen atoms in total. The summed E-state index contributed by atoms with van der Waals surface area (Å²) in [5, 5.41) is 0. The Morgan fingerprint density at radius 2 is 1.74 bits per heavy atom. The number of rotatable bonds is 8. The van der Waals surface area contributed by atoms with Crippen molar-refractivity contribution in [3.63, 3.8) is 0 Å². The number of nitrogens with two attached hydrogens (primary N) is 1. The molecule has 0 aromatic heterocycles. The molecule has 23 heavy (non-hydrogen) atoms. The van der Waals surface area contributed by atoms with Gasteiger partial charge in [-0.2, -0.15) is 0 Å². The molecule has 0 heterocycles. The largest absolute Gasteiger partial charge is 0.497 e. The van der Waals surface area contributed by atoms with E-state index in [-0.39, 0.29) is 5.91 Å². The number of nitrogens with zero attached hydrogens (tertiary/aromatic N) is 1. The van der Waals surface area contributed by atoms with E-state index in [2.05, 4.69) is 0 Å². The first-order valence-corrected chi connectivity index (χ1v) is 7.87. The second kappa shape index (κ2) is 8.96. The molecule has 0 spiro atoms. The first kappa shape index (κ1) is 17.0. The first-order chi connectivity index (χ1) is 11.2. The number of carbonyl (C=O) groups is 1. The normalized spacial score (nSPS) is 10.3. The fraction of sp³-hybridized carbons (Fsp3) is 0.316. The zero-order valence-corrected chi connectivity index (χ0v) is 13.6. The van der Waals surface area contributed by atoms with Gasteiger partial charge in [0.1, 0.15) is 5.75 Å². The number of benzene rings is 2. The average molecular weight is 312 g/mol. The van der Waals surface area contributed by atoms with Gasteiger partial charge in [0, 0.05) is 26.1 Å². The van der Waals surface area contributed by atoms with Crippen LogP contribution in [0.3, 0.4) is 0 Å². The van der Waals surface area contributed by atoms with E-state index in [4.69, 9.17) is 10.5 Å². The summed E-state index contributed by atoms with van der Waals surface area (Å²) in [6, 6.07) is 18.0. The number of amides is 1. The quantitative estimate of drug-likeness (QED) is 0.815. The highest BCUT2D eigenvalue weighted by atomic mass is 16.5. The van der Waals surface area contributed by atoms with E-state index in [1.807, 2.05) is 59.5 Å². The summed E-state index contributed by atoms with van der Waals surface area (Å²) in [6.07, 6.45) is 1.20. The van der Waals surface area contributed by atoms with E-state index >= 15 is 0 Å². The molecule has 0 aliphatic heterocycles. The Labute approximate surface area is 137 Å². The SMILES string of the molecule is COc1ccc(CCN(Cc2ccccc2)C(=O)CCN)cc1. The molecule has 0 bridgehead atoms. The maximum Gasteiger partial charge on any atom is 0.224 e. The van der Waals surface area contributed by atoms with Crippen LogP contribution in [0.2, 0.25) is 0 Å². The molecular weight excluding hydrogens is 288 g/mol. The maximum atomic E-state index is 12.3. The van der Waals surface area contributed by atoms with Crippen LogP contribution in [0, 0.1) is 0 Å². The zero-order valence-electron chi connectivity index (χ0n) is 13.6. The van der Waals surface area contributed by atoms with Gasteiger partial charge in [-0.1, -0.05) is 42.5 Å². The molecule has 2 aromatic carbocycles. The van der Waals surface area contributed by atoms with Crippen LogP contribution in [0.5, 0.6) is 5.75 Å². The number of ether oxygens (including phenoxy) is 1. The lowest BCUT2D eigenvalue weighted by molar-refractivity contribution is -0.131. The van der Waals surface area contributed by atoms with Crippen molar-refractivity contribution in [2.24, 2.45) is 5.73 Å². The van der Waals surface area contributed by atoms with Gasteiger partial charge in [0.2, 0.25) is 5.91 Å². The lowest BCUT2D eigenvalue weighted by Crippen LogP contribution is -2.33. The molecule has 0 radical (unpaired) electrons. The Balaban J connectivity index is 2.00. The van der Waals surface area contributed by atoms with Gasteiger partial charge < -0.3 is 15.4 Å². The van der Waals surface area contributed by atoms with Gasteiger partial charge in [0.25, 0.3) is 0 Å². The van der Waals surface area contributed by atoms with Crippen molar-refractivity contribution in [2.45, 2.75) is 19.4 Å². The molecule has 2 rings (SSSR count). The summed E-state index contributed by atoms with van der Waals surface area (Å²) >= 11 is 0. The number of hydrogen-bond acceptors (Lipinski definition) is 3. The van der Waals surface area contributed by atoms with Crippen molar-refractivity contribution < 1.29 is 9.53 Å². The Bertz CT molecular complexity index is 597. The van der Waals surface area contributed by atoms with E-state index in [1.54, 1.807) is 7.11 Å². The van der Waals surface area contributed by atoms with E-state index in [0.717, 1.165) is 17.7 Å². The third-order valence-electron chi connectivity index (χ3n) is 3.76. The van der Waals surface area contributed by atoms with Gasteiger partial charge in [0.05, 0.1) is 7.11 Å². The fourth-order valence-electron chi connectivity index (χ4n) is 2.43. The molecular formula is C19H24N2O2. The third-order valence-corrected chi connectivity index (χ3v) is 3.76. The van der Waals surface area contributed by atoms with Crippen molar-refractivity contribution in [1.82, 2.24) is 4.90 Å². The van der Waals surface area contributed by atoms with Gasteiger partial charge in [0.15, 0.2) is 0 Å². The molecule has 1 amide bonds. The summed E-state index contributed by atoms with van der Waals surface area (Å²) in [5.74, 6) is 0.943. The van der Waals surface area contributed by atoms with Gasteiger partial charge >= 0.3 is 0 Å². The number of methoxy groups -OCH3 is 1. The van der Waals surface area contributed by atoms with Crippen molar-refractivity contribution >= 4 is 5.91 Å². The fourth-order valence-corrected chi connectivity index (χ4v) is 2.43. The van der Waals surface area contributed by atoms with Crippen molar-refractivity contribution in [1.29, 1.82) is 0 Å². The second-order valence-corrected chi connectivity index (χ2v) is 5.44. The monoisotopic (exact) mass is 312 g/mol. The van der Waals surface area contributed by atoms with Crippen LogP contribution < -0.4 is 10.5 Å². The van der Waals surface area contributed by atoms with Crippen LogP contribution in [0.15, 0.2) is 54.6 Å². The van der Waals surface area contributed by atoms with Crippen LogP contribution in [-0.4, -0.2) is 31.0 Å². The highest BCUT2D eigenvalue weighted by molar-refractivity contribution is 5.76. The Hall–Kier alpha value is -2.33. The zero-order chi connectivity index (χ0) is 16.5. The molecule has 2 aromatic rings. The molecule has 0 fully saturated rings. The molecule has 0 unspecified atom stereocenters. The van der Waals surface area contributed by atoms with Crippen LogP contribution in [0.4, 0.5) is 0 Å². The Morgan fingerprint density at radius 1 is 1.04 bits per heavy atom. The summed E-state index contributed by atoms with van der Waals surface area (Å²) in [7, 11) is 1.65. The summed E-state index contributed by atoms with van der Waals surface area (Å²) in [5.41, 5.74) is 7.86. The van der Waals surface area contributed by atoms with Gasteiger partial charge in [-0.05, 0) is 29.7 Å². The van der Waals surface area contributed by atoms with E-state index in [0.29, 0.717) is 26.1 Å². The molecule has 122 valence electrons. The van der Waals surface area contributed by atoms with Crippen LogP contribution >= 0.6 is 0 Å². The minimum Gasteiger partial charge on any atom is -0.497 e. The Kier molecular flexibility index (Phi) is 6.63. The topological polar surface area (TPSA) is 55.6 Å². The van der Waals surface area contributed by atoms with Crippen molar-refractivity contribution in [3.05, 3.63) is 65.7 Å². The van der Waals surface area contributed by atoms with Gasteiger partial charge in [-0.25, -0.2) is 0 Å². The highest BCUT2D eigenvalue weighted by Crippen LogP contribution is 2.13. The van der Waals surface area contributed by atoms with E-state index < -0.39 is 0 Å². The lowest BCUT2D eigenvalue weighted by atomic mass is 10.1. The predicted molar refractivity (Wildman–Crippen MR) is 92.2 cm³/mol. The van der Waals surface area contributed by atoms with Crippen LogP contribution in [0.25, 0.3) is 0 Å². The third kappa shape index (κ3) is 5.42. The predicted octanol–water partition coefficient (Wildman–Crippen LogP) is 2.62. The average Bonchev–Trinajstić information content (AvgIpc) is 2.60. The molecule has 4 heteroatoms. The van der Waals surface area contributed by atoms with Crippen LogP contribution in [-0.2, 0) is 17.8 Å². The molecule has 0 saturated heterocycles. The van der Waals surface area contributed by atoms with E-state index in [1.165, 1.54) is 5.56 Å². The maximum absolute atomic E-state index is 12.3. The molecule has 0 aliphatic rings. The van der Waals surface area contributed by atoms with Gasteiger partial charge in [-0.15, -0.1) is 0 Å². The molecule has 2 N–H and O–H groups in total. The molecule has 0 saturated carbocycles. The smallest absolute Gasteiger partial charge is 0.224 e. The summed E-state index contributed by atoms with van der Waals surface area (Å²) in [4.78, 5) is 14.2. The highest BCUT2D eigenvalue weighted by Gasteiger charge is 2.13. The minimum absolute atomic E-state index is 0.102. The van der Waals surface area contributed by atoms with Crippen molar-refractivity contribution in [3.8, 4) is 5.75 Å². The van der Waals surface area contributed by atoms with E-state index in [9.17, 15) is 4.79 Å². The summed E-state index contributed by atoms with van der Waals surface area (Å²) < 4.78 is 5.17. The standard InChI is InChI=1S/C19H24N2O2/c1-23-18-9-7-16(8-10-18)12-14-21(19(22)11-13-20)15-17-5-3-2-4-6-17/h2-10H,11-15,20H2,1H3. The number of carbonyl (C=O) groups excluding carboxylic acids is 1. The summed E-state index contributed by atoms with van der Waals surface area (Å²) in [6.45, 7) is 1.68. The minimum atomic E-state index is 0.102. The molecule has 0 atom stereocenters. The second-order valence-electron chi connectivity index (χ2n) is 5.44. The van der Waals surface area contributed by atoms with Gasteiger partial charge in [-0.3, -0.25) is 4.79 Å². The van der Waals surface area contributed by atoms with Crippen LogP contribution in [0.1, 0.15) is 17.5 Å². The number of hydrogen-bond donors (Lipinski definition) is 1. The lowest BCUT2D eigenvalue weighted by Gasteiger charge is -2.23. The van der Waals surface area contributed by atoms with Crippen molar-refractivity contribution in [2.75, 3.05) is 20.2 Å². The Morgan fingerprint density at radius 3 is 2.35 bits per heavy atom. The molecule has 0 aliphatic carbocycles. The first-order valence-electron chi connectivity index (χ1n) is 7.87.